The fourth-order valence-corrected chi connectivity index (χ4v) is 4.42. The average molecular weight is 419 g/mol. The molecule has 5 heteroatoms. The number of hydrogen-bond donors (Lipinski definition) is 3. The molecule has 0 saturated heterocycles. The molecule has 30 heavy (non-hydrogen) atoms. The van der Waals surface area contributed by atoms with Crippen LogP contribution < -0.4 is 0 Å². The Morgan fingerprint density at radius 1 is 1.27 bits per heavy atom. The van der Waals surface area contributed by atoms with Crippen molar-refractivity contribution >= 4 is 5.97 Å². The van der Waals surface area contributed by atoms with Gasteiger partial charge in [0.05, 0.1) is 19.3 Å². The topological polar surface area (TPSA) is 87.0 Å². The summed E-state index contributed by atoms with van der Waals surface area (Å²) in [5, 5.41) is 29.1. The van der Waals surface area contributed by atoms with E-state index >= 15 is 0 Å². The Hall–Kier alpha value is -1.69. The number of cyclic esters (lactones) is 1. The fraction of sp³-hybridized carbons (Fsp3) is 0.640. The first-order valence-corrected chi connectivity index (χ1v) is 11.0. The van der Waals surface area contributed by atoms with Gasteiger partial charge < -0.3 is 20.1 Å². The summed E-state index contributed by atoms with van der Waals surface area (Å²) in [6.45, 7) is 8.54. The van der Waals surface area contributed by atoms with E-state index in [0.717, 1.165) is 49.7 Å². The molecular weight excluding hydrogens is 380 g/mol. The van der Waals surface area contributed by atoms with E-state index in [-0.39, 0.29) is 24.7 Å². The van der Waals surface area contributed by atoms with Crippen LogP contribution >= 0.6 is 0 Å². The van der Waals surface area contributed by atoms with Crippen molar-refractivity contribution in [1.82, 2.24) is 0 Å². The monoisotopic (exact) mass is 418 g/mol. The van der Waals surface area contributed by atoms with Gasteiger partial charge in [0.15, 0.2) is 0 Å². The molecule has 0 unspecified atom stereocenters. The summed E-state index contributed by atoms with van der Waals surface area (Å²) in [4.78, 5) is 11.3. The second kappa shape index (κ2) is 11.1. The molecule has 0 bridgehead atoms. The lowest BCUT2D eigenvalue weighted by atomic mass is 9.70. The average Bonchev–Trinajstić information content (AvgIpc) is 3.07. The van der Waals surface area contributed by atoms with Crippen LogP contribution in [0.15, 0.2) is 46.1 Å². The van der Waals surface area contributed by atoms with Crippen molar-refractivity contribution in [3.05, 3.63) is 46.1 Å². The lowest BCUT2D eigenvalue weighted by Gasteiger charge is -2.37. The molecule has 0 saturated carbocycles. The van der Waals surface area contributed by atoms with Gasteiger partial charge in [0, 0.05) is 18.1 Å². The van der Waals surface area contributed by atoms with Crippen LogP contribution in [0.25, 0.3) is 0 Å². The van der Waals surface area contributed by atoms with E-state index in [4.69, 9.17) is 4.74 Å². The van der Waals surface area contributed by atoms with E-state index in [1.54, 1.807) is 0 Å². The van der Waals surface area contributed by atoms with Crippen molar-refractivity contribution in [1.29, 1.82) is 0 Å². The van der Waals surface area contributed by atoms with Gasteiger partial charge in [0.1, 0.15) is 6.10 Å². The number of allylic oxidation sites excluding steroid dienone is 3. The largest absolute Gasteiger partial charge is 0.454 e. The Morgan fingerprint density at radius 3 is 2.67 bits per heavy atom. The number of hydrogen-bond acceptors (Lipinski definition) is 5. The molecule has 0 amide bonds. The predicted molar refractivity (Wildman–Crippen MR) is 119 cm³/mol. The standard InChI is InChI=1S/C25H38O5/c1-17(8-10-21-18(2)22(28)12-13-25(21,3)4)6-5-7-19(15-26)9-11-23-20(16-27)14-24(29)30-23/h6,9,14,22-23,26-28H,5,7-8,10-13,15-16H2,1-4H3/b17-6+,19-9-/t22-,23-/m0/s1. The maximum absolute atomic E-state index is 11.3. The first-order chi connectivity index (χ1) is 14.2. The van der Waals surface area contributed by atoms with Gasteiger partial charge in [-0.3, -0.25) is 0 Å². The van der Waals surface area contributed by atoms with E-state index in [9.17, 15) is 20.1 Å². The number of aliphatic hydroxyl groups excluding tert-OH is 3. The van der Waals surface area contributed by atoms with Gasteiger partial charge in [-0.15, -0.1) is 0 Å². The third-order valence-electron chi connectivity index (χ3n) is 6.54. The van der Waals surface area contributed by atoms with Crippen molar-refractivity contribution in [2.24, 2.45) is 5.41 Å². The number of esters is 1. The maximum Gasteiger partial charge on any atom is 0.331 e. The number of rotatable bonds is 10. The van der Waals surface area contributed by atoms with E-state index in [1.807, 2.05) is 6.08 Å². The summed E-state index contributed by atoms with van der Waals surface area (Å²) in [6.07, 6.45) is 10.6. The second-order valence-electron chi connectivity index (χ2n) is 9.25. The zero-order valence-corrected chi connectivity index (χ0v) is 18.9. The minimum atomic E-state index is -0.424. The van der Waals surface area contributed by atoms with E-state index in [2.05, 4.69) is 33.8 Å². The highest BCUT2D eigenvalue weighted by atomic mass is 16.5. The van der Waals surface area contributed by atoms with Crippen LogP contribution in [0.4, 0.5) is 0 Å². The van der Waals surface area contributed by atoms with E-state index in [1.165, 1.54) is 17.2 Å². The van der Waals surface area contributed by atoms with Gasteiger partial charge in [-0.2, -0.15) is 0 Å². The van der Waals surface area contributed by atoms with Crippen molar-refractivity contribution in [2.45, 2.75) is 84.8 Å². The molecule has 2 atom stereocenters. The van der Waals surface area contributed by atoms with E-state index in [0.29, 0.717) is 12.0 Å². The molecule has 2 rings (SSSR count). The third-order valence-corrected chi connectivity index (χ3v) is 6.54. The SMILES string of the molecule is CC1=C(CC/C(C)=C/CC/C(=C/C[C@@H]2OC(=O)C=C2CO)CO)C(C)(C)CC[C@@H]1O. The normalized spacial score (nSPS) is 24.9. The Kier molecular flexibility index (Phi) is 9.08. The molecular formula is C25H38O5. The Labute approximate surface area is 180 Å². The number of aliphatic hydroxyl groups is 3. The van der Waals surface area contributed by atoms with Crippen LogP contribution in [0.2, 0.25) is 0 Å². The van der Waals surface area contributed by atoms with Crippen LogP contribution in [0, 0.1) is 5.41 Å². The van der Waals surface area contributed by atoms with Crippen molar-refractivity contribution in [3.8, 4) is 0 Å². The minimum Gasteiger partial charge on any atom is -0.454 e. The first-order valence-electron chi connectivity index (χ1n) is 11.0. The smallest absolute Gasteiger partial charge is 0.331 e. The maximum atomic E-state index is 11.3. The zero-order chi connectivity index (χ0) is 22.3. The Morgan fingerprint density at radius 2 is 2.00 bits per heavy atom. The highest BCUT2D eigenvalue weighted by Crippen LogP contribution is 2.42. The van der Waals surface area contributed by atoms with Gasteiger partial charge in [-0.05, 0) is 68.9 Å². The summed E-state index contributed by atoms with van der Waals surface area (Å²) in [6, 6.07) is 0. The fourth-order valence-electron chi connectivity index (χ4n) is 4.42. The molecule has 0 spiro atoms. The molecule has 3 N–H and O–H groups in total. The van der Waals surface area contributed by atoms with Gasteiger partial charge >= 0.3 is 5.97 Å². The van der Waals surface area contributed by atoms with Crippen LogP contribution in [0.1, 0.15) is 72.6 Å². The van der Waals surface area contributed by atoms with Crippen molar-refractivity contribution in [2.75, 3.05) is 13.2 Å². The minimum absolute atomic E-state index is 0.0239. The molecule has 1 aliphatic heterocycles. The van der Waals surface area contributed by atoms with Crippen molar-refractivity contribution in [3.63, 3.8) is 0 Å². The Balaban J connectivity index is 1.85. The van der Waals surface area contributed by atoms with Crippen LogP contribution in [0.5, 0.6) is 0 Å². The van der Waals surface area contributed by atoms with Gasteiger partial charge in [0.2, 0.25) is 0 Å². The molecule has 0 aromatic carbocycles. The lowest BCUT2D eigenvalue weighted by Crippen LogP contribution is -2.28. The summed E-state index contributed by atoms with van der Waals surface area (Å²) in [5.41, 5.74) is 5.51. The van der Waals surface area contributed by atoms with Crippen LogP contribution in [-0.2, 0) is 9.53 Å². The molecule has 1 aliphatic carbocycles. The molecule has 168 valence electrons. The van der Waals surface area contributed by atoms with Crippen LogP contribution in [0.3, 0.4) is 0 Å². The highest BCUT2D eigenvalue weighted by molar-refractivity contribution is 5.85. The molecule has 0 radical (unpaired) electrons. The van der Waals surface area contributed by atoms with Gasteiger partial charge in [-0.25, -0.2) is 4.79 Å². The van der Waals surface area contributed by atoms with Gasteiger partial charge in [0.25, 0.3) is 0 Å². The summed E-state index contributed by atoms with van der Waals surface area (Å²) in [5.74, 6) is -0.416. The first kappa shape index (κ1) is 24.6. The molecule has 0 aromatic heterocycles. The quantitative estimate of drug-likeness (QED) is 0.367. The summed E-state index contributed by atoms with van der Waals surface area (Å²) >= 11 is 0. The summed E-state index contributed by atoms with van der Waals surface area (Å²) in [7, 11) is 0. The number of ether oxygens (including phenoxy) is 1. The van der Waals surface area contributed by atoms with Crippen molar-refractivity contribution < 1.29 is 24.9 Å². The van der Waals surface area contributed by atoms with Gasteiger partial charge in [-0.1, -0.05) is 37.1 Å². The van der Waals surface area contributed by atoms with Crippen LogP contribution in [-0.4, -0.2) is 46.7 Å². The Bertz CT molecular complexity index is 739. The lowest BCUT2D eigenvalue weighted by molar-refractivity contribution is -0.138. The molecule has 0 fully saturated rings. The molecule has 5 nitrogen and oxygen atoms in total. The molecule has 2 aliphatic rings. The van der Waals surface area contributed by atoms with E-state index < -0.39 is 12.1 Å². The third kappa shape index (κ3) is 6.66. The highest BCUT2D eigenvalue weighted by Gasteiger charge is 2.31. The zero-order valence-electron chi connectivity index (χ0n) is 18.9. The second-order valence-corrected chi connectivity index (χ2v) is 9.25. The number of carbonyl (C=O) groups excluding carboxylic acids is 1. The number of carbonyl (C=O) groups is 1. The molecule has 0 aromatic rings. The molecule has 1 heterocycles. The summed E-state index contributed by atoms with van der Waals surface area (Å²) < 4.78 is 5.17. The predicted octanol–water partition coefficient (Wildman–Crippen LogP) is 4.14.